The lowest BCUT2D eigenvalue weighted by atomic mass is 9.44. The molecule has 5 heteroatoms. The van der Waals surface area contributed by atoms with Gasteiger partial charge in [0.15, 0.2) is 0 Å². The molecule has 0 amide bonds. The van der Waals surface area contributed by atoms with E-state index in [0.29, 0.717) is 48.7 Å². The molecule has 1 heterocycles. The zero-order valence-corrected chi connectivity index (χ0v) is 20.2. The average Bonchev–Trinajstić information content (AvgIpc) is 3.23. The van der Waals surface area contributed by atoms with E-state index in [-0.39, 0.29) is 35.4 Å². The predicted octanol–water partition coefficient (Wildman–Crippen LogP) is 3.85. The third-order valence-corrected chi connectivity index (χ3v) is 10.9. The van der Waals surface area contributed by atoms with E-state index in [4.69, 9.17) is 4.74 Å². The van der Waals surface area contributed by atoms with Crippen LogP contribution in [0, 0.1) is 46.3 Å². The fourth-order valence-corrected chi connectivity index (χ4v) is 9.01. The number of hydrogen-bond donors (Lipinski definition) is 3. The van der Waals surface area contributed by atoms with Gasteiger partial charge in [-0.25, -0.2) is 0 Å². The topological polar surface area (TPSA) is 87.0 Å². The van der Waals surface area contributed by atoms with Crippen molar-refractivity contribution >= 4 is 5.78 Å². The zero-order chi connectivity index (χ0) is 23.0. The first-order valence-corrected chi connectivity index (χ1v) is 13.0. The van der Waals surface area contributed by atoms with Crippen molar-refractivity contribution in [2.24, 2.45) is 46.3 Å². The Labute approximate surface area is 192 Å². The number of allylic oxidation sites excluding steroid dienone is 1. The van der Waals surface area contributed by atoms with Crippen LogP contribution in [-0.4, -0.2) is 46.0 Å². The Morgan fingerprint density at radius 2 is 1.88 bits per heavy atom. The highest BCUT2D eigenvalue weighted by Gasteiger charge is 2.68. The molecule has 0 aromatic heterocycles. The summed E-state index contributed by atoms with van der Waals surface area (Å²) in [6.07, 6.45) is 5.66. The Morgan fingerprint density at radius 3 is 2.59 bits per heavy atom. The van der Waals surface area contributed by atoms with Crippen LogP contribution in [0.5, 0.6) is 0 Å². The monoisotopic (exact) mass is 446 g/mol. The number of rotatable bonds is 4. The van der Waals surface area contributed by atoms with Crippen LogP contribution in [0.2, 0.25) is 0 Å². The van der Waals surface area contributed by atoms with Crippen LogP contribution in [0.3, 0.4) is 0 Å². The molecule has 180 valence electrons. The van der Waals surface area contributed by atoms with Gasteiger partial charge in [0.25, 0.3) is 0 Å². The summed E-state index contributed by atoms with van der Waals surface area (Å²) in [5, 5.41) is 30.2. The molecule has 1 unspecified atom stereocenters. The summed E-state index contributed by atoms with van der Waals surface area (Å²) >= 11 is 0. The van der Waals surface area contributed by atoms with Crippen molar-refractivity contribution in [1.29, 1.82) is 0 Å². The molecule has 4 saturated carbocycles. The lowest BCUT2D eigenvalue weighted by Crippen LogP contribution is -2.59. The summed E-state index contributed by atoms with van der Waals surface area (Å²) in [5.41, 5.74) is 0.858. The van der Waals surface area contributed by atoms with Crippen LogP contribution >= 0.6 is 0 Å². The predicted molar refractivity (Wildman–Crippen MR) is 121 cm³/mol. The van der Waals surface area contributed by atoms with Crippen molar-refractivity contribution in [3.05, 3.63) is 11.3 Å². The SMILES string of the molecule is CC1=C(CCC(C)CO)O[C@H]2C[C@H]3[C@@H]4CC[C@H]5C[C@@H](O)[C@H](O)C[C@]5(C)[C@H]4CC(=O)[C@]3(C)[C@@H]12. The van der Waals surface area contributed by atoms with Gasteiger partial charge in [-0.05, 0) is 86.0 Å². The fraction of sp³-hybridized carbons (Fsp3) is 0.889. The molecule has 5 aliphatic rings. The van der Waals surface area contributed by atoms with Gasteiger partial charge in [0.1, 0.15) is 11.9 Å². The summed E-state index contributed by atoms with van der Waals surface area (Å²) in [6.45, 7) is 8.95. The number of carbonyl (C=O) groups is 1. The van der Waals surface area contributed by atoms with Crippen molar-refractivity contribution in [2.75, 3.05) is 6.61 Å². The molecule has 0 saturated heterocycles. The molecule has 11 atom stereocenters. The molecular formula is C27H42O5. The smallest absolute Gasteiger partial charge is 0.140 e. The van der Waals surface area contributed by atoms with Crippen molar-refractivity contribution in [3.8, 4) is 0 Å². The standard InChI is InChI=1S/C27H42O5/c1-14(13-28)5-8-22-15(2)25-23(32-22)10-19-17-7-6-16-9-20(29)21(30)12-26(16,3)18(17)11-24(31)27(19,25)4/h14,16-21,23,25,28-30H,5-13H2,1-4H3/t14?,16-,17+,18-,19-,20+,21+,23-,25-,26-,27+/m0/s1. The summed E-state index contributed by atoms with van der Waals surface area (Å²) in [6, 6.07) is 0. The second-order valence-corrected chi connectivity index (χ2v) is 12.4. The second-order valence-electron chi connectivity index (χ2n) is 12.4. The maximum atomic E-state index is 13.9. The molecule has 1 aliphatic heterocycles. The van der Waals surface area contributed by atoms with E-state index in [2.05, 4.69) is 27.7 Å². The van der Waals surface area contributed by atoms with Crippen LogP contribution < -0.4 is 0 Å². The number of fused-ring (bicyclic) bond motifs is 7. The highest BCUT2D eigenvalue weighted by Crippen LogP contribution is 2.68. The Bertz CT molecular complexity index is 806. The van der Waals surface area contributed by atoms with Gasteiger partial charge in [-0.1, -0.05) is 20.8 Å². The number of hydrogen-bond acceptors (Lipinski definition) is 5. The van der Waals surface area contributed by atoms with Gasteiger partial charge in [0, 0.05) is 30.8 Å². The van der Waals surface area contributed by atoms with Gasteiger partial charge >= 0.3 is 0 Å². The van der Waals surface area contributed by atoms with E-state index in [1.54, 1.807) is 0 Å². The van der Waals surface area contributed by atoms with Crippen molar-refractivity contribution in [2.45, 2.75) is 97.4 Å². The van der Waals surface area contributed by atoms with E-state index in [1.165, 1.54) is 5.57 Å². The van der Waals surface area contributed by atoms with Crippen LogP contribution in [0.4, 0.5) is 0 Å². The lowest BCUT2D eigenvalue weighted by molar-refractivity contribution is -0.170. The summed E-state index contributed by atoms with van der Waals surface area (Å²) in [4.78, 5) is 13.9. The number of aliphatic hydroxyl groups excluding tert-OH is 3. The van der Waals surface area contributed by atoms with Crippen molar-refractivity contribution in [1.82, 2.24) is 0 Å². The van der Waals surface area contributed by atoms with Gasteiger partial charge in [-0.15, -0.1) is 0 Å². The summed E-state index contributed by atoms with van der Waals surface area (Å²) in [5.74, 6) is 3.46. The quantitative estimate of drug-likeness (QED) is 0.611. The van der Waals surface area contributed by atoms with Crippen molar-refractivity contribution in [3.63, 3.8) is 0 Å². The van der Waals surface area contributed by atoms with Crippen LogP contribution in [-0.2, 0) is 9.53 Å². The Kier molecular flexibility index (Phi) is 5.58. The van der Waals surface area contributed by atoms with Crippen LogP contribution in [0.25, 0.3) is 0 Å². The molecule has 0 aromatic carbocycles. The molecule has 0 spiro atoms. The minimum atomic E-state index is -0.668. The van der Waals surface area contributed by atoms with Crippen molar-refractivity contribution < 1.29 is 24.9 Å². The first-order valence-electron chi connectivity index (χ1n) is 13.0. The highest BCUT2D eigenvalue weighted by atomic mass is 16.5. The average molecular weight is 447 g/mol. The maximum absolute atomic E-state index is 13.9. The number of ketones is 1. The third-order valence-electron chi connectivity index (χ3n) is 10.9. The van der Waals surface area contributed by atoms with Crippen LogP contribution in [0.15, 0.2) is 11.3 Å². The van der Waals surface area contributed by atoms with E-state index in [9.17, 15) is 20.1 Å². The van der Waals surface area contributed by atoms with Gasteiger partial charge in [0.2, 0.25) is 0 Å². The third kappa shape index (κ3) is 3.10. The number of Topliss-reactive ketones (excluding diaryl/α,β-unsaturated/α-hetero) is 1. The van der Waals surface area contributed by atoms with Crippen LogP contribution in [0.1, 0.15) is 79.1 Å². The molecule has 0 radical (unpaired) electrons. The lowest BCUT2D eigenvalue weighted by Gasteiger charge is -2.60. The number of carbonyl (C=O) groups excluding carboxylic acids is 1. The minimum absolute atomic E-state index is 0.0619. The van der Waals surface area contributed by atoms with Gasteiger partial charge < -0.3 is 20.1 Å². The minimum Gasteiger partial charge on any atom is -0.494 e. The molecule has 0 aromatic rings. The van der Waals surface area contributed by atoms with E-state index >= 15 is 0 Å². The molecule has 4 aliphatic carbocycles. The summed E-state index contributed by atoms with van der Waals surface area (Å²) < 4.78 is 6.51. The zero-order valence-electron chi connectivity index (χ0n) is 20.2. The molecule has 4 fully saturated rings. The fourth-order valence-electron chi connectivity index (χ4n) is 9.01. The van der Waals surface area contributed by atoms with E-state index in [0.717, 1.165) is 37.9 Å². The molecule has 5 rings (SSSR count). The van der Waals surface area contributed by atoms with E-state index in [1.807, 2.05) is 0 Å². The van der Waals surface area contributed by atoms with Gasteiger partial charge in [0.05, 0.1) is 18.0 Å². The Balaban J connectivity index is 1.41. The normalized spacial score (nSPS) is 50.9. The molecule has 0 bridgehead atoms. The Morgan fingerprint density at radius 1 is 1.12 bits per heavy atom. The molecule has 32 heavy (non-hydrogen) atoms. The second kappa shape index (κ2) is 7.81. The molecular weight excluding hydrogens is 404 g/mol. The number of ether oxygens (including phenoxy) is 1. The largest absolute Gasteiger partial charge is 0.494 e. The van der Waals surface area contributed by atoms with Gasteiger partial charge in [-0.2, -0.15) is 0 Å². The maximum Gasteiger partial charge on any atom is 0.140 e. The first kappa shape index (κ1) is 22.9. The highest BCUT2D eigenvalue weighted by molar-refractivity contribution is 5.87. The molecule has 3 N–H and O–H groups in total. The first-order chi connectivity index (χ1) is 15.1. The Hall–Kier alpha value is -0.910. The number of aliphatic hydroxyl groups is 3. The van der Waals surface area contributed by atoms with E-state index < -0.39 is 12.2 Å². The molecule has 5 nitrogen and oxygen atoms in total. The summed E-state index contributed by atoms with van der Waals surface area (Å²) in [7, 11) is 0. The van der Waals surface area contributed by atoms with Gasteiger partial charge in [-0.3, -0.25) is 4.79 Å².